The summed E-state index contributed by atoms with van der Waals surface area (Å²) in [5.74, 6) is 1.26. The van der Waals surface area contributed by atoms with Crippen LogP contribution >= 0.6 is 0 Å². The molecule has 0 spiro atoms. The van der Waals surface area contributed by atoms with E-state index < -0.39 is 5.97 Å². The fourth-order valence-corrected chi connectivity index (χ4v) is 5.15. The number of imidazole rings is 1. The number of methoxy groups -OCH3 is 1. The summed E-state index contributed by atoms with van der Waals surface area (Å²) in [7, 11) is 1.33. The summed E-state index contributed by atoms with van der Waals surface area (Å²) in [6.45, 7) is 2.69. The first-order valence-electron chi connectivity index (χ1n) is 13.5. The Labute approximate surface area is 241 Å². The van der Waals surface area contributed by atoms with Gasteiger partial charge in [0.15, 0.2) is 17.2 Å². The van der Waals surface area contributed by atoms with E-state index in [2.05, 4.69) is 42.3 Å². The number of nitrogens with zero attached hydrogens (tertiary/aromatic N) is 8. The van der Waals surface area contributed by atoms with Crippen molar-refractivity contribution in [3.05, 3.63) is 84.1 Å². The summed E-state index contributed by atoms with van der Waals surface area (Å²) in [6, 6.07) is 19.3. The fraction of sp³-hybridized carbons (Fsp3) is 0.233. The van der Waals surface area contributed by atoms with E-state index in [0.717, 1.165) is 38.2 Å². The molecule has 1 saturated heterocycles. The molecule has 3 N–H and O–H groups in total. The number of ether oxygens (including phenoxy) is 1. The number of piperidine rings is 1. The smallest absolute Gasteiger partial charge is 0.356 e. The Balaban J connectivity index is 1.21. The number of nitriles is 1. The summed E-state index contributed by atoms with van der Waals surface area (Å²) in [6.07, 6.45) is 5.17. The molecule has 210 valence electrons. The zero-order valence-corrected chi connectivity index (χ0v) is 22.9. The Hall–Kier alpha value is -5.41. The highest BCUT2D eigenvalue weighted by molar-refractivity contribution is 5.91. The number of benzene rings is 1. The van der Waals surface area contributed by atoms with Crippen LogP contribution in [0.3, 0.4) is 0 Å². The molecule has 0 unspecified atom stereocenters. The van der Waals surface area contributed by atoms with Gasteiger partial charge in [0.25, 0.3) is 0 Å². The van der Waals surface area contributed by atoms with E-state index in [4.69, 9.17) is 20.7 Å². The van der Waals surface area contributed by atoms with Gasteiger partial charge in [0.2, 0.25) is 5.82 Å². The van der Waals surface area contributed by atoms with E-state index in [9.17, 15) is 4.79 Å². The number of esters is 1. The summed E-state index contributed by atoms with van der Waals surface area (Å²) in [4.78, 5) is 36.4. The van der Waals surface area contributed by atoms with Gasteiger partial charge in [-0.1, -0.05) is 12.1 Å². The predicted molar refractivity (Wildman–Crippen MR) is 157 cm³/mol. The second-order valence-electron chi connectivity index (χ2n) is 9.98. The zero-order valence-electron chi connectivity index (χ0n) is 22.9. The molecule has 0 aliphatic carbocycles. The van der Waals surface area contributed by atoms with Crippen molar-refractivity contribution >= 4 is 28.8 Å². The highest BCUT2D eigenvalue weighted by atomic mass is 16.5. The maximum atomic E-state index is 12.2. The van der Waals surface area contributed by atoms with Gasteiger partial charge < -0.3 is 15.8 Å². The molecule has 0 bridgehead atoms. The van der Waals surface area contributed by atoms with Gasteiger partial charge in [0.05, 0.1) is 12.7 Å². The highest BCUT2D eigenvalue weighted by Crippen LogP contribution is 2.31. The first-order chi connectivity index (χ1) is 20.5. The Bertz CT molecular complexity index is 1790. The topological polar surface area (TPSA) is 161 Å². The minimum absolute atomic E-state index is 0.167. The summed E-state index contributed by atoms with van der Waals surface area (Å²) >= 11 is 0. The highest BCUT2D eigenvalue weighted by Gasteiger charge is 2.22. The average molecular weight is 561 g/mol. The van der Waals surface area contributed by atoms with Gasteiger partial charge in [-0.2, -0.15) is 5.26 Å². The molecule has 4 aromatic heterocycles. The Kier molecular flexibility index (Phi) is 7.40. The maximum absolute atomic E-state index is 12.2. The summed E-state index contributed by atoms with van der Waals surface area (Å²) < 4.78 is 6.78. The molecule has 0 atom stereocenters. The number of hydrogen-bond donors (Lipinski definition) is 2. The molecule has 0 radical (unpaired) electrons. The number of carbonyl (C=O) groups is 1. The SMILES string of the molecule is COC(=O)c1ccc2nc(-c3cccnc3N)n(-c3ccc(CN4CCC(Nc5ccnc(C#N)n5)CC4)cc3)c2n1. The number of aromatic nitrogens is 6. The van der Waals surface area contributed by atoms with Crippen LogP contribution in [0.1, 0.15) is 34.7 Å². The van der Waals surface area contributed by atoms with Crippen molar-refractivity contribution in [2.75, 3.05) is 31.2 Å². The lowest BCUT2D eigenvalue weighted by molar-refractivity contribution is 0.0594. The number of nitrogen functional groups attached to an aromatic ring is 1. The standard InChI is InChI=1S/C30H28N10O2/c1-42-30(41)24-9-8-23-29(37-24)40(28(36-23)22-3-2-13-34-27(22)32)21-6-4-19(5-7-21)18-39-15-11-20(12-16-39)35-25-10-14-33-26(17-31)38-25/h2-10,13-14,20H,11-12,15-16,18H2,1H3,(H2,32,34)(H,33,35,38). The van der Waals surface area contributed by atoms with Crippen molar-refractivity contribution in [1.82, 2.24) is 34.4 Å². The van der Waals surface area contributed by atoms with Crippen LogP contribution in [0.2, 0.25) is 0 Å². The molecule has 1 aromatic carbocycles. The number of nitrogens with two attached hydrogens (primary N) is 1. The number of anilines is 2. The maximum Gasteiger partial charge on any atom is 0.356 e. The molecule has 5 heterocycles. The Morgan fingerprint density at radius 3 is 2.60 bits per heavy atom. The van der Waals surface area contributed by atoms with E-state index in [1.807, 2.05) is 34.9 Å². The Morgan fingerprint density at radius 1 is 1.05 bits per heavy atom. The van der Waals surface area contributed by atoms with Crippen LogP contribution in [-0.4, -0.2) is 66.6 Å². The van der Waals surface area contributed by atoms with Crippen molar-refractivity contribution in [3.63, 3.8) is 0 Å². The minimum atomic E-state index is -0.523. The van der Waals surface area contributed by atoms with Gasteiger partial charge in [-0.3, -0.25) is 9.47 Å². The second-order valence-corrected chi connectivity index (χ2v) is 9.98. The molecule has 0 amide bonds. The molecule has 0 saturated carbocycles. The number of nitrogens with one attached hydrogen (secondary N) is 1. The van der Waals surface area contributed by atoms with E-state index in [1.165, 1.54) is 12.7 Å². The van der Waals surface area contributed by atoms with Gasteiger partial charge in [0.1, 0.15) is 23.2 Å². The molecular weight excluding hydrogens is 532 g/mol. The van der Waals surface area contributed by atoms with E-state index in [0.29, 0.717) is 40.2 Å². The van der Waals surface area contributed by atoms with Crippen molar-refractivity contribution in [2.24, 2.45) is 0 Å². The molecule has 6 rings (SSSR count). The molecule has 1 fully saturated rings. The third-order valence-electron chi connectivity index (χ3n) is 7.27. The summed E-state index contributed by atoms with van der Waals surface area (Å²) in [5, 5.41) is 12.5. The molecular formula is C30H28N10O2. The van der Waals surface area contributed by atoms with Gasteiger partial charge in [-0.05, 0) is 60.9 Å². The predicted octanol–water partition coefficient (Wildman–Crippen LogP) is 3.59. The van der Waals surface area contributed by atoms with Crippen molar-refractivity contribution in [1.29, 1.82) is 5.26 Å². The zero-order chi connectivity index (χ0) is 29.1. The van der Waals surface area contributed by atoms with Crippen LogP contribution in [0.5, 0.6) is 0 Å². The van der Waals surface area contributed by atoms with Crippen LogP contribution in [0.25, 0.3) is 28.2 Å². The lowest BCUT2D eigenvalue weighted by Crippen LogP contribution is -2.38. The van der Waals surface area contributed by atoms with Crippen LogP contribution in [0.4, 0.5) is 11.6 Å². The molecule has 12 nitrogen and oxygen atoms in total. The number of hydrogen-bond acceptors (Lipinski definition) is 11. The monoisotopic (exact) mass is 560 g/mol. The quantitative estimate of drug-likeness (QED) is 0.280. The molecule has 1 aliphatic rings. The lowest BCUT2D eigenvalue weighted by Gasteiger charge is -2.32. The van der Waals surface area contributed by atoms with E-state index in [-0.39, 0.29) is 11.5 Å². The Morgan fingerprint density at radius 2 is 1.86 bits per heavy atom. The number of likely N-dealkylation sites (tertiary alicyclic amines) is 1. The van der Waals surface area contributed by atoms with Gasteiger partial charge in [-0.15, -0.1) is 0 Å². The number of pyridine rings is 2. The minimum Gasteiger partial charge on any atom is -0.464 e. The van der Waals surface area contributed by atoms with E-state index >= 15 is 0 Å². The fourth-order valence-electron chi connectivity index (χ4n) is 5.15. The molecule has 5 aromatic rings. The van der Waals surface area contributed by atoms with Crippen LogP contribution in [0, 0.1) is 11.3 Å². The van der Waals surface area contributed by atoms with Crippen molar-refractivity contribution in [3.8, 4) is 23.1 Å². The van der Waals surface area contributed by atoms with E-state index in [1.54, 1.807) is 30.6 Å². The first kappa shape index (κ1) is 26.8. The lowest BCUT2D eigenvalue weighted by atomic mass is 10.0. The third-order valence-corrected chi connectivity index (χ3v) is 7.27. The van der Waals surface area contributed by atoms with Gasteiger partial charge in [0, 0.05) is 43.8 Å². The number of fused-ring (bicyclic) bond motifs is 1. The van der Waals surface area contributed by atoms with Crippen molar-refractivity contribution in [2.45, 2.75) is 25.4 Å². The van der Waals surface area contributed by atoms with Crippen LogP contribution in [-0.2, 0) is 11.3 Å². The van der Waals surface area contributed by atoms with Gasteiger partial charge in [-0.25, -0.2) is 29.7 Å². The number of rotatable bonds is 7. The largest absolute Gasteiger partial charge is 0.464 e. The summed E-state index contributed by atoms with van der Waals surface area (Å²) in [5.41, 5.74) is 10.2. The molecule has 12 heteroatoms. The van der Waals surface area contributed by atoms with Crippen molar-refractivity contribution < 1.29 is 9.53 Å². The normalized spacial score (nSPS) is 14.0. The van der Waals surface area contributed by atoms with Crippen LogP contribution in [0.15, 0.2) is 67.0 Å². The average Bonchev–Trinajstić information content (AvgIpc) is 3.41. The van der Waals surface area contributed by atoms with Crippen LogP contribution < -0.4 is 11.1 Å². The third kappa shape index (κ3) is 5.45. The second kappa shape index (κ2) is 11.6. The first-order valence-corrected chi connectivity index (χ1v) is 13.5. The van der Waals surface area contributed by atoms with Gasteiger partial charge >= 0.3 is 5.97 Å². The molecule has 42 heavy (non-hydrogen) atoms. The number of carbonyl (C=O) groups excluding carboxylic acids is 1. The molecule has 1 aliphatic heterocycles.